The van der Waals surface area contributed by atoms with E-state index >= 15 is 0 Å². The van der Waals surface area contributed by atoms with Crippen LogP contribution >= 0.6 is 11.3 Å². The highest BCUT2D eigenvalue weighted by Crippen LogP contribution is 2.49. The summed E-state index contributed by atoms with van der Waals surface area (Å²) in [5, 5.41) is 4.35. The van der Waals surface area contributed by atoms with Gasteiger partial charge in [-0.2, -0.15) is 0 Å². The van der Waals surface area contributed by atoms with Gasteiger partial charge in [-0.05, 0) is 30.3 Å². The van der Waals surface area contributed by atoms with Gasteiger partial charge in [-0.1, -0.05) is 12.1 Å². The molecule has 0 fully saturated rings. The van der Waals surface area contributed by atoms with Crippen LogP contribution in [0.3, 0.4) is 0 Å². The number of carbonyl (C=O) groups is 1. The van der Waals surface area contributed by atoms with Crippen LogP contribution in [0.2, 0.25) is 0 Å². The summed E-state index contributed by atoms with van der Waals surface area (Å²) in [6, 6.07) is 11.6. The van der Waals surface area contributed by atoms with Crippen LogP contribution in [-0.4, -0.2) is 35.7 Å². The van der Waals surface area contributed by atoms with Crippen LogP contribution in [0.4, 0.5) is 5.69 Å². The summed E-state index contributed by atoms with van der Waals surface area (Å²) >= 11 is 1.30. The number of methoxy groups -OCH3 is 3. The van der Waals surface area contributed by atoms with Crippen LogP contribution in [0.1, 0.15) is 22.8 Å². The van der Waals surface area contributed by atoms with Crippen LogP contribution in [0.25, 0.3) is 0 Å². The van der Waals surface area contributed by atoms with Gasteiger partial charge in [-0.3, -0.25) is 4.79 Å². The topological polar surface area (TPSA) is 90.9 Å². The Bertz CT molecular complexity index is 1230. The zero-order valence-corrected chi connectivity index (χ0v) is 18.8. The number of ether oxygens (including phenoxy) is 3. The summed E-state index contributed by atoms with van der Waals surface area (Å²) in [5.74, 6) is 1.04. The predicted molar refractivity (Wildman–Crippen MR) is 117 cm³/mol. The normalized spacial score (nSPS) is 15.7. The Morgan fingerprint density at radius 3 is 2.39 bits per heavy atom. The highest BCUT2D eigenvalue weighted by Gasteiger charge is 2.36. The smallest absolute Gasteiger partial charge is 0.225 e. The molecule has 0 saturated heterocycles. The van der Waals surface area contributed by atoms with Gasteiger partial charge in [-0.15, -0.1) is 11.3 Å². The number of hydrogen-bond donors (Lipinski definition) is 1. The third kappa shape index (κ3) is 3.64. The molecule has 2 heterocycles. The lowest BCUT2D eigenvalue weighted by Gasteiger charge is -2.25. The minimum absolute atomic E-state index is 0.0811. The molecular formula is C22H21NO6S2. The largest absolute Gasteiger partial charge is 0.497 e. The van der Waals surface area contributed by atoms with Gasteiger partial charge in [0.2, 0.25) is 15.7 Å². The summed E-state index contributed by atoms with van der Waals surface area (Å²) in [6.07, 6.45) is 0.180. The van der Waals surface area contributed by atoms with E-state index < -0.39 is 9.84 Å². The Morgan fingerprint density at radius 2 is 1.74 bits per heavy atom. The zero-order chi connectivity index (χ0) is 22.2. The fourth-order valence-corrected chi connectivity index (χ4v) is 6.62. The molecule has 7 nitrogen and oxygen atoms in total. The number of hydrogen-bond acceptors (Lipinski definition) is 7. The van der Waals surface area contributed by atoms with E-state index in [4.69, 9.17) is 14.2 Å². The zero-order valence-electron chi connectivity index (χ0n) is 17.2. The van der Waals surface area contributed by atoms with E-state index in [9.17, 15) is 13.2 Å². The molecule has 3 aromatic rings. The van der Waals surface area contributed by atoms with E-state index in [1.165, 1.54) is 30.6 Å². The maximum absolute atomic E-state index is 13.3. The molecule has 1 aliphatic rings. The number of nitrogens with one attached hydrogen (secondary N) is 1. The molecule has 0 aliphatic carbocycles. The number of rotatable bonds is 6. The molecule has 1 atom stereocenters. The monoisotopic (exact) mass is 459 g/mol. The molecule has 1 amide bonds. The first-order valence-corrected chi connectivity index (χ1v) is 11.8. The molecule has 9 heteroatoms. The average molecular weight is 460 g/mol. The Balaban J connectivity index is 1.83. The molecule has 1 N–H and O–H groups in total. The summed E-state index contributed by atoms with van der Waals surface area (Å²) in [5.41, 5.74) is 1.10. The van der Waals surface area contributed by atoms with Crippen molar-refractivity contribution in [3.63, 3.8) is 0 Å². The Labute approximate surface area is 184 Å². The van der Waals surface area contributed by atoms with Crippen LogP contribution in [0, 0.1) is 0 Å². The number of carbonyl (C=O) groups excluding carboxylic acids is 1. The first-order chi connectivity index (χ1) is 14.9. The number of sulfone groups is 1. The maximum Gasteiger partial charge on any atom is 0.225 e. The molecule has 31 heavy (non-hydrogen) atoms. The minimum atomic E-state index is -3.84. The summed E-state index contributed by atoms with van der Waals surface area (Å²) in [6.45, 7) is 0. The molecule has 0 spiro atoms. The van der Waals surface area contributed by atoms with E-state index in [-0.39, 0.29) is 28.0 Å². The Kier molecular flexibility index (Phi) is 5.63. The number of amides is 1. The molecule has 0 radical (unpaired) electrons. The Hall–Kier alpha value is -3.04. The molecule has 162 valence electrons. The molecule has 2 aromatic carbocycles. The quantitative estimate of drug-likeness (QED) is 0.597. The van der Waals surface area contributed by atoms with Gasteiger partial charge in [0, 0.05) is 28.2 Å². The van der Waals surface area contributed by atoms with Gasteiger partial charge in [0.25, 0.3) is 0 Å². The second-order valence-electron chi connectivity index (χ2n) is 6.91. The van der Waals surface area contributed by atoms with Crippen LogP contribution in [-0.2, 0) is 14.6 Å². The molecule has 0 bridgehead atoms. The lowest BCUT2D eigenvalue weighted by Crippen LogP contribution is -2.23. The minimum Gasteiger partial charge on any atom is -0.497 e. The number of fused-ring (bicyclic) bond motifs is 1. The SMILES string of the molecule is COc1ccc(S(=O)(=O)c2csc3c2NC(=O)C[C@@H]3c2cccc(OC)c2OC)cc1. The van der Waals surface area contributed by atoms with Crippen LogP contribution < -0.4 is 19.5 Å². The van der Waals surface area contributed by atoms with Crippen molar-refractivity contribution in [2.75, 3.05) is 26.6 Å². The number of thiophene rings is 1. The summed E-state index contributed by atoms with van der Waals surface area (Å²) < 4.78 is 42.7. The molecule has 4 rings (SSSR count). The highest BCUT2D eigenvalue weighted by molar-refractivity contribution is 7.91. The van der Waals surface area contributed by atoms with Crippen molar-refractivity contribution in [1.29, 1.82) is 0 Å². The van der Waals surface area contributed by atoms with E-state index in [1.807, 2.05) is 12.1 Å². The van der Waals surface area contributed by atoms with Crippen molar-refractivity contribution < 1.29 is 27.4 Å². The van der Waals surface area contributed by atoms with Gasteiger partial charge in [0.05, 0.1) is 31.9 Å². The number of para-hydroxylation sites is 1. The van der Waals surface area contributed by atoms with Crippen molar-refractivity contribution >= 4 is 32.8 Å². The summed E-state index contributed by atoms with van der Waals surface area (Å²) in [4.78, 5) is 13.5. The second-order valence-corrected chi connectivity index (χ2v) is 9.74. The fourth-order valence-electron chi connectivity index (χ4n) is 3.72. The second kappa shape index (κ2) is 8.24. The maximum atomic E-state index is 13.3. The Morgan fingerprint density at radius 1 is 1.00 bits per heavy atom. The highest BCUT2D eigenvalue weighted by atomic mass is 32.2. The van der Waals surface area contributed by atoms with Gasteiger partial charge < -0.3 is 19.5 Å². The predicted octanol–water partition coefficient (Wildman–Crippen LogP) is 4.08. The average Bonchev–Trinajstić information content (AvgIpc) is 3.22. The molecule has 1 aromatic heterocycles. The third-order valence-electron chi connectivity index (χ3n) is 5.22. The lowest BCUT2D eigenvalue weighted by molar-refractivity contribution is -0.116. The van der Waals surface area contributed by atoms with Crippen LogP contribution in [0.15, 0.2) is 57.6 Å². The summed E-state index contributed by atoms with van der Waals surface area (Å²) in [7, 11) is 0.767. The molecule has 1 aliphatic heterocycles. The van der Waals surface area contributed by atoms with E-state index in [0.717, 1.165) is 10.4 Å². The van der Waals surface area contributed by atoms with Crippen molar-refractivity contribution in [3.8, 4) is 17.2 Å². The molecule has 0 unspecified atom stereocenters. The fraction of sp³-hybridized carbons (Fsp3) is 0.227. The number of anilines is 1. The van der Waals surface area contributed by atoms with Crippen LogP contribution in [0.5, 0.6) is 17.2 Å². The van der Waals surface area contributed by atoms with Gasteiger partial charge in [-0.25, -0.2) is 8.42 Å². The van der Waals surface area contributed by atoms with Crippen molar-refractivity contribution in [1.82, 2.24) is 0 Å². The standard InChI is InChI=1S/C22H21NO6S2/c1-27-13-7-9-14(10-8-13)31(25,26)18-12-30-22-16(11-19(24)23-20(18)22)15-5-4-6-17(28-2)21(15)29-3/h4-10,12,16H,11H2,1-3H3,(H,23,24)/t16-/m1/s1. The van der Waals surface area contributed by atoms with Crippen molar-refractivity contribution in [3.05, 3.63) is 58.3 Å². The van der Waals surface area contributed by atoms with Gasteiger partial charge in [0.1, 0.15) is 10.6 Å². The third-order valence-corrected chi connectivity index (χ3v) is 8.26. The van der Waals surface area contributed by atoms with Crippen molar-refractivity contribution in [2.45, 2.75) is 22.1 Å². The molecular weight excluding hydrogens is 438 g/mol. The van der Waals surface area contributed by atoms with Gasteiger partial charge in [0.15, 0.2) is 11.5 Å². The van der Waals surface area contributed by atoms with Gasteiger partial charge >= 0.3 is 0 Å². The van der Waals surface area contributed by atoms with E-state index in [0.29, 0.717) is 22.9 Å². The first kappa shape index (κ1) is 21.2. The first-order valence-electron chi connectivity index (χ1n) is 9.42. The van der Waals surface area contributed by atoms with E-state index in [1.54, 1.807) is 37.8 Å². The number of benzene rings is 2. The van der Waals surface area contributed by atoms with Crippen molar-refractivity contribution in [2.24, 2.45) is 0 Å². The molecule has 0 saturated carbocycles. The van der Waals surface area contributed by atoms with E-state index in [2.05, 4.69) is 5.32 Å². The lowest BCUT2D eigenvalue weighted by atomic mass is 9.89.